The van der Waals surface area contributed by atoms with Crippen molar-refractivity contribution in [1.29, 1.82) is 0 Å². The van der Waals surface area contributed by atoms with E-state index in [2.05, 4.69) is 13.8 Å². The molecule has 1 aliphatic carbocycles. The van der Waals surface area contributed by atoms with Crippen molar-refractivity contribution in [3.8, 4) is 0 Å². The van der Waals surface area contributed by atoms with Crippen molar-refractivity contribution in [2.75, 3.05) is 0 Å². The first-order valence-electron chi connectivity index (χ1n) is 4.38. The SMILES string of the molecule is CCC1CCC[C@H]1CC. The van der Waals surface area contributed by atoms with E-state index < -0.39 is 0 Å². The molecule has 54 valence electrons. The number of rotatable bonds is 2. The summed E-state index contributed by atoms with van der Waals surface area (Å²) in [6.45, 7) is 4.66. The van der Waals surface area contributed by atoms with Gasteiger partial charge in [0.1, 0.15) is 0 Å². The average Bonchev–Trinajstić information content (AvgIpc) is 2.33. The van der Waals surface area contributed by atoms with Gasteiger partial charge in [-0.15, -0.1) is 0 Å². The van der Waals surface area contributed by atoms with Gasteiger partial charge in [-0.05, 0) is 11.8 Å². The molecular formula is C9H18. The summed E-state index contributed by atoms with van der Waals surface area (Å²) < 4.78 is 0. The minimum Gasteiger partial charge on any atom is -0.0651 e. The second kappa shape index (κ2) is 3.24. The smallest absolute Gasteiger partial charge is 0.0389 e. The Hall–Kier alpha value is 0. The molecule has 0 aromatic rings. The van der Waals surface area contributed by atoms with E-state index in [1.54, 1.807) is 0 Å². The summed E-state index contributed by atoms with van der Waals surface area (Å²) in [5.74, 6) is 2.16. The van der Waals surface area contributed by atoms with Gasteiger partial charge in [0.25, 0.3) is 0 Å². The molecule has 0 aliphatic heterocycles. The molecule has 0 aromatic carbocycles. The van der Waals surface area contributed by atoms with Crippen molar-refractivity contribution >= 4 is 0 Å². The van der Waals surface area contributed by atoms with Crippen molar-refractivity contribution < 1.29 is 0 Å². The largest absolute Gasteiger partial charge is 0.0651 e. The van der Waals surface area contributed by atoms with Gasteiger partial charge in [0, 0.05) is 0 Å². The zero-order valence-electron chi connectivity index (χ0n) is 6.69. The lowest BCUT2D eigenvalue weighted by atomic mass is 9.92. The predicted octanol–water partition coefficient (Wildman–Crippen LogP) is 3.22. The van der Waals surface area contributed by atoms with Crippen molar-refractivity contribution in [2.24, 2.45) is 11.8 Å². The molecule has 0 radical (unpaired) electrons. The van der Waals surface area contributed by atoms with Crippen LogP contribution in [0.4, 0.5) is 0 Å². The van der Waals surface area contributed by atoms with Crippen LogP contribution in [0.3, 0.4) is 0 Å². The summed E-state index contributed by atoms with van der Waals surface area (Å²) in [4.78, 5) is 0. The highest BCUT2D eigenvalue weighted by Gasteiger charge is 2.23. The van der Waals surface area contributed by atoms with Crippen LogP contribution >= 0.6 is 0 Å². The fourth-order valence-corrected chi connectivity index (χ4v) is 2.19. The minimum atomic E-state index is 1.08. The Kier molecular flexibility index (Phi) is 2.56. The Balaban J connectivity index is 2.32. The second-order valence-electron chi connectivity index (χ2n) is 3.27. The normalized spacial score (nSPS) is 35.3. The molecule has 9 heavy (non-hydrogen) atoms. The molecule has 0 heteroatoms. The molecule has 0 amide bonds. The maximum Gasteiger partial charge on any atom is -0.0389 e. The number of hydrogen-bond donors (Lipinski definition) is 0. The van der Waals surface area contributed by atoms with Gasteiger partial charge in [-0.3, -0.25) is 0 Å². The van der Waals surface area contributed by atoms with Crippen molar-refractivity contribution in [3.63, 3.8) is 0 Å². The van der Waals surface area contributed by atoms with Crippen LogP contribution in [0.25, 0.3) is 0 Å². The van der Waals surface area contributed by atoms with Gasteiger partial charge in [-0.2, -0.15) is 0 Å². The minimum absolute atomic E-state index is 1.08. The highest BCUT2D eigenvalue weighted by molar-refractivity contribution is 4.74. The first-order valence-corrected chi connectivity index (χ1v) is 4.38. The fourth-order valence-electron chi connectivity index (χ4n) is 2.19. The lowest BCUT2D eigenvalue weighted by molar-refractivity contribution is 0.367. The van der Waals surface area contributed by atoms with Gasteiger partial charge >= 0.3 is 0 Å². The Morgan fingerprint density at radius 1 is 1.00 bits per heavy atom. The molecule has 0 heterocycles. The van der Waals surface area contributed by atoms with E-state index >= 15 is 0 Å². The Morgan fingerprint density at radius 3 is 1.78 bits per heavy atom. The van der Waals surface area contributed by atoms with Crippen molar-refractivity contribution in [1.82, 2.24) is 0 Å². The van der Waals surface area contributed by atoms with Gasteiger partial charge in [-0.25, -0.2) is 0 Å². The van der Waals surface area contributed by atoms with Crippen LogP contribution in [0.15, 0.2) is 0 Å². The maximum atomic E-state index is 2.33. The van der Waals surface area contributed by atoms with E-state index in [4.69, 9.17) is 0 Å². The fraction of sp³-hybridized carbons (Fsp3) is 1.00. The third kappa shape index (κ3) is 1.47. The van der Waals surface area contributed by atoms with Gasteiger partial charge in [0.2, 0.25) is 0 Å². The Morgan fingerprint density at radius 2 is 1.44 bits per heavy atom. The van der Waals surface area contributed by atoms with Crippen LogP contribution < -0.4 is 0 Å². The molecule has 2 atom stereocenters. The molecule has 1 fully saturated rings. The standard InChI is InChI=1S/C9H18/c1-3-8-6-5-7-9(8)4-2/h8-9H,3-7H2,1-2H3/t8-,9?/m1/s1. The van der Waals surface area contributed by atoms with Gasteiger partial charge in [0.15, 0.2) is 0 Å². The van der Waals surface area contributed by atoms with Gasteiger partial charge < -0.3 is 0 Å². The molecule has 1 saturated carbocycles. The molecule has 0 N–H and O–H groups in total. The highest BCUT2D eigenvalue weighted by atomic mass is 14.3. The Labute approximate surface area is 58.7 Å². The van der Waals surface area contributed by atoms with Crippen LogP contribution in [-0.2, 0) is 0 Å². The van der Waals surface area contributed by atoms with Crippen LogP contribution in [0.2, 0.25) is 0 Å². The van der Waals surface area contributed by atoms with Crippen LogP contribution in [0, 0.1) is 11.8 Å². The van der Waals surface area contributed by atoms with Crippen molar-refractivity contribution in [3.05, 3.63) is 0 Å². The summed E-state index contributed by atoms with van der Waals surface area (Å²) in [6.07, 6.45) is 7.35. The number of hydrogen-bond acceptors (Lipinski definition) is 0. The quantitative estimate of drug-likeness (QED) is 0.533. The predicted molar refractivity (Wildman–Crippen MR) is 41.4 cm³/mol. The molecule has 0 saturated heterocycles. The monoisotopic (exact) mass is 126 g/mol. The highest BCUT2D eigenvalue weighted by Crippen LogP contribution is 2.35. The third-order valence-corrected chi connectivity index (χ3v) is 2.87. The molecule has 1 unspecified atom stereocenters. The maximum absolute atomic E-state index is 2.33. The summed E-state index contributed by atoms with van der Waals surface area (Å²) in [6, 6.07) is 0. The average molecular weight is 126 g/mol. The van der Waals surface area contributed by atoms with E-state index in [0.717, 1.165) is 11.8 Å². The van der Waals surface area contributed by atoms with E-state index in [1.165, 1.54) is 32.1 Å². The molecule has 0 spiro atoms. The van der Waals surface area contributed by atoms with E-state index in [9.17, 15) is 0 Å². The third-order valence-electron chi connectivity index (χ3n) is 2.87. The molecule has 1 rings (SSSR count). The molecule has 0 nitrogen and oxygen atoms in total. The summed E-state index contributed by atoms with van der Waals surface area (Å²) in [5.41, 5.74) is 0. The Bertz CT molecular complexity index is 66.1. The molecule has 0 aromatic heterocycles. The van der Waals surface area contributed by atoms with Gasteiger partial charge in [0.05, 0.1) is 0 Å². The zero-order valence-corrected chi connectivity index (χ0v) is 6.69. The topological polar surface area (TPSA) is 0 Å². The van der Waals surface area contributed by atoms with E-state index in [1.807, 2.05) is 0 Å². The molecule has 0 bridgehead atoms. The zero-order chi connectivity index (χ0) is 6.69. The lowest BCUT2D eigenvalue weighted by Gasteiger charge is -2.14. The summed E-state index contributed by atoms with van der Waals surface area (Å²) in [7, 11) is 0. The van der Waals surface area contributed by atoms with E-state index in [0.29, 0.717) is 0 Å². The first-order chi connectivity index (χ1) is 4.38. The van der Waals surface area contributed by atoms with Gasteiger partial charge in [-0.1, -0.05) is 46.0 Å². The second-order valence-corrected chi connectivity index (χ2v) is 3.27. The van der Waals surface area contributed by atoms with E-state index in [-0.39, 0.29) is 0 Å². The molecular weight excluding hydrogens is 108 g/mol. The summed E-state index contributed by atoms with van der Waals surface area (Å²) >= 11 is 0. The lowest BCUT2D eigenvalue weighted by Crippen LogP contribution is -2.04. The molecule has 1 aliphatic rings. The summed E-state index contributed by atoms with van der Waals surface area (Å²) in [5, 5.41) is 0. The van der Waals surface area contributed by atoms with Crippen LogP contribution in [0.5, 0.6) is 0 Å². The first kappa shape index (κ1) is 7.11. The van der Waals surface area contributed by atoms with Crippen molar-refractivity contribution in [2.45, 2.75) is 46.0 Å². The van der Waals surface area contributed by atoms with Crippen LogP contribution in [0.1, 0.15) is 46.0 Å². The van der Waals surface area contributed by atoms with Crippen LogP contribution in [-0.4, -0.2) is 0 Å².